The number of sulfone groups is 1. The highest BCUT2D eigenvalue weighted by Gasteiger charge is 2.35. The molecule has 0 amide bonds. The van der Waals surface area contributed by atoms with Crippen LogP contribution in [0.5, 0.6) is 5.88 Å². The maximum atomic E-state index is 13.0. The quantitative estimate of drug-likeness (QED) is 0.752. The van der Waals surface area contributed by atoms with E-state index in [0.717, 1.165) is 38.5 Å². The summed E-state index contributed by atoms with van der Waals surface area (Å²) in [5.74, 6) is 0.685. The van der Waals surface area contributed by atoms with Crippen LogP contribution in [0.4, 0.5) is 13.2 Å². The van der Waals surface area contributed by atoms with Crippen molar-refractivity contribution in [3.63, 3.8) is 0 Å². The van der Waals surface area contributed by atoms with E-state index in [4.69, 9.17) is 4.74 Å². The summed E-state index contributed by atoms with van der Waals surface area (Å²) in [6.07, 6.45) is 0.0846. The number of likely N-dealkylation sites (tertiary alicyclic amines) is 1. The van der Waals surface area contributed by atoms with E-state index in [-0.39, 0.29) is 29.9 Å². The van der Waals surface area contributed by atoms with Crippen molar-refractivity contribution in [2.24, 2.45) is 11.8 Å². The molecule has 1 unspecified atom stereocenters. The molecule has 27 heavy (non-hydrogen) atoms. The molecule has 2 aliphatic heterocycles. The molecule has 2 fully saturated rings. The van der Waals surface area contributed by atoms with Crippen LogP contribution in [0.2, 0.25) is 0 Å². The summed E-state index contributed by atoms with van der Waals surface area (Å²) in [5, 5.41) is 0. The second-order valence-electron chi connectivity index (χ2n) is 7.53. The molecule has 2 aliphatic rings. The highest BCUT2D eigenvalue weighted by molar-refractivity contribution is 7.91. The zero-order valence-corrected chi connectivity index (χ0v) is 15.9. The van der Waals surface area contributed by atoms with E-state index in [9.17, 15) is 21.6 Å². The normalized spacial score (nSPS) is 24.6. The molecule has 0 aromatic carbocycles. The maximum absolute atomic E-state index is 13.0. The topological polar surface area (TPSA) is 59.5 Å². The maximum Gasteiger partial charge on any atom is 0.421 e. The molecule has 1 aromatic rings. The van der Waals surface area contributed by atoms with Gasteiger partial charge in [-0.25, -0.2) is 13.4 Å². The van der Waals surface area contributed by atoms with E-state index in [2.05, 4.69) is 9.88 Å². The summed E-state index contributed by atoms with van der Waals surface area (Å²) in [6.45, 7) is 2.76. The molecule has 5 nitrogen and oxygen atoms in total. The summed E-state index contributed by atoms with van der Waals surface area (Å²) in [4.78, 5) is 6.04. The van der Waals surface area contributed by atoms with Gasteiger partial charge in [0.2, 0.25) is 5.88 Å². The minimum atomic E-state index is -4.48. The minimum absolute atomic E-state index is 0.147. The molecule has 0 aliphatic carbocycles. The van der Waals surface area contributed by atoms with Crippen molar-refractivity contribution >= 4 is 9.84 Å². The van der Waals surface area contributed by atoms with E-state index in [1.165, 1.54) is 12.3 Å². The lowest BCUT2D eigenvalue weighted by atomic mass is 9.96. The molecule has 0 bridgehead atoms. The Kier molecular flexibility index (Phi) is 6.30. The van der Waals surface area contributed by atoms with Gasteiger partial charge in [-0.3, -0.25) is 0 Å². The number of aromatic nitrogens is 1. The number of hydrogen-bond donors (Lipinski definition) is 0. The molecule has 2 saturated heterocycles. The van der Waals surface area contributed by atoms with Crippen LogP contribution in [0.15, 0.2) is 18.3 Å². The van der Waals surface area contributed by atoms with Gasteiger partial charge in [0.05, 0.1) is 18.1 Å². The number of alkyl halides is 3. The van der Waals surface area contributed by atoms with Crippen molar-refractivity contribution in [3.05, 3.63) is 23.9 Å². The Morgan fingerprint density at radius 2 is 1.93 bits per heavy atom. The Labute approximate surface area is 157 Å². The Hall–Kier alpha value is -1.35. The lowest BCUT2D eigenvalue weighted by Gasteiger charge is -2.35. The number of hydrogen-bond acceptors (Lipinski definition) is 5. The van der Waals surface area contributed by atoms with E-state index in [0.29, 0.717) is 18.8 Å². The third-order valence-electron chi connectivity index (χ3n) is 5.33. The van der Waals surface area contributed by atoms with Gasteiger partial charge in [0.25, 0.3) is 0 Å². The lowest BCUT2D eigenvalue weighted by Crippen LogP contribution is -2.41. The Morgan fingerprint density at radius 1 is 1.19 bits per heavy atom. The number of rotatable bonds is 5. The van der Waals surface area contributed by atoms with Crippen LogP contribution in [0.1, 0.15) is 31.2 Å². The predicted molar refractivity (Wildman–Crippen MR) is 95.3 cm³/mol. The van der Waals surface area contributed by atoms with Crippen LogP contribution in [0.3, 0.4) is 0 Å². The first kappa shape index (κ1) is 20.4. The average molecular weight is 406 g/mol. The lowest BCUT2D eigenvalue weighted by molar-refractivity contribution is -0.139. The molecule has 3 rings (SSSR count). The third-order valence-corrected chi connectivity index (χ3v) is 7.04. The number of piperidine rings is 1. The fourth-order valence-corrected chi connectivity index (χ4v) is 5.45. The van der Waals surface area contributed by atoms with Crippen LogP contribution in [0.25, 0.3) is 0 Å². The zero-order chi connectivity index (χ0) is 19.5. The van der Waals surface area contributed by atoms with Gasteiger partial charge in [-0.1, -0.05) is 0 Å². The molecular formula is C18H25F3N2O3S. The first-order valence-electron chi connectivity index (χ1n) is 9.31. The summed E-state index contributed by atoms with van der Waals surface area (Å²) < 4.78 is 67.6. The summed E-state index contributed by atoms with van der Waals surface area (Å²) >= 11 is 0. The standard InChI is InChI=1S/C18H25F3N2O3S/c19-18(20,21)16-4-1-7-22-17(16)26-13-15-3-2-8-23(12-15)11-14-5-9-27(24,25)10-6-14/h1,4,7,14-15H,2-3,5-6,8-13H2. The molecule has 0 spiro atoms. The van der Waals surface area contributed by atoms with Gasteiger partial charge in [-0.2, -0.15) is 13.2 Å². The van der Waals surface area contributed by atoms with Crippen molar-refractivity contribution < 1.29 is 26.3 Å². The molecule has 9 heteroatoms. The van der Waals surface area contributed by atoms with Crippen LogP contribution in [-0.2, 0) is 16.0 Å². The number of halogens is 3. The van der Waals surface area contributed by atoms with Crippen LogP contribution in [0, 0.1) is 11.8 Å². The summed E-state index contributed by atoms with van der Waals surface area (Å²) in [5.41, 5.74) is -0.846. The molecule has 1 aromatic heterocycles. The highest BCUT2D eigenvalue weighted by Crippen LogP contribution is 2.35. The third kappa shape index (κ3) is 5.81. The van der Waals surface area contributed by atoms with Gasteiger partial charge in [-0.15, -0.1) is 0 Å². The molecule has 1 atom stereocenters. The Bertz CT molecular complexity index is 726. The van der Waals surface area contributed by atoms with Crippen molar-refractivity contribution in [1.82, 2.24) is 9.88 Å². The van der Waals surface area contributed by atoms with E-state index < -0.39 is 21.6 Å². The SMILES string of the molecule is O=S1(=O)CCC(CN2CCCC(COc3ncccc3C(F)(F)F)C2)CC1. The van der Waals surface area contributed by atoms with E-state index >= 15 is 0 Å². The smallest absolute Gasteiger partial charge is 0.421 e. The second kappa shape index (κ2) is 8.34. The minimum Gasteiger partial charge on any atom is -0.477 e. The molecule has 0 N–H and O–H groups in total. The molecular weight excluding hydrogens is 381 g/mol. The summed E-state index contributed by atoms with van der Waals surface area (Å²) in [7, 11) is -2.86. The fourth-order valence-electron chi connectivity index (χ4n) is 3.86. The predicted octanol–water partition coefficient (Wildman–Crippen LogP) is 3.02. The number of ether oxygens (including phenoxy) is 1. The molecule has 152 valence electrons. The first-order valence-corrected chi connectivity index (χ1v) is 11.1. The highest BCUT2D eigenvalue weighted by atomic mass is 32.2. The zero-order valence-electron chi connectivity index (χ0n) is 15.1. The van der Waals surface area contributed by atoms with Gasteiger partial charge in [0, 0.05) is 25.2 Å². The monoisotopic (exact) mass is 406 g/mol. The largest absolute Gasteiger partial charge is 0.477 e. The molecule has 3 heterocycles. The van der Waals surface area contributed by atoms with Gasteiger partial charge >= 0.3 is 6.18 Å². The first-order chi connectivity index (χ1) is 12.7. The summed E-state index contributed by atoms with van der Waals surface area (Å²) in [6, 6.07) is 2.23. The van der Waals surface area contributed by atoms with Gasteiger partial charge < -0.3 is 9.64 Å². The van der Waals surface area contributed by atoms with E-state index in [1.54, 1.807) is 0 Å². The number of nitrogens with zero attached hydrogens (tertiary/aromatic N) is 2. The van der Waals surface area contributed by atoms with Crippen molar-refractivity contribution in [2.75, 3.05) is 37.7 Å². The van der Waals surface area contributed by atoms with Crippen LogP contribution >= 0.6 is 0 Å². The van der Waals surface area contributed by atoms with Gasteiger partial charge in [0.1, 0.15) is 15.4 Å². The average Bonchev–Trinajstić information content (AvgIpc) is 2.62. The van der Waals surface area contributed by atoms with Gasteiger partial charge in [-0.05, 0) is 50.3 Å². The van der Waals surface area contributed by atoms with E-state index in [1.807, 2.05) is 0 Å². The molecule has 0 radical (unpaired) electrons. The Balaban J connectivity index is 1.51. The van der Waals surface area contributed by atoms with Crippen LogP contribution < -0.4 is 4.74 Å². The van der Waals surface area contributed by atoms with Crippen LogP contribution in [-0.4, -0.2) is 56.0 Å². The number of pyridine rings is 1. The van der Waals surface area contributed by atoms with Crippen molar-refractivity contribution in [3.8, 4) is 5.88 Å². The second-order valence-corrected chi connectivity index (χ2v) is 9.83. The van der Waals surface area contributed by atoms with Gasteiger partial charge in [0.15, 0.2) is 0 Å². The van der Waals surface area contributed by atoms with Crippen molar-refractivity contribution in [2.45, 2.75) is 31.9 Å². The Morgan fingerprint density at radius 3 is 2.63 bits per heavy atom. The fraction of sp³-hybridized carbons (Fsp3) is 0.722. The van der Waals surface area contributed by atoms with Crippen molar-refractivity contribution in [1.29, 1.82) is 0 Å². The molecule has 0 saturated carbocycles.